The minimum Gasteiger partial charge on any atom is -0.491 e. The molecule has 1 aliphatic rings. The van der Waals surface area contributed by atoms with E-state index in [0.717, 1.165) is 24.8 Å². The monoisotopic (exact) mass is 333 g/mol. The van der Waals surface area contributed by atoms with E-state index in [2.05, 4.69) is 57.7 Å². The summed E-state index contributed by atoms with van der Waals surface area (Å²) < 4.78 is 11.6. The van der Waals surface area contributed by atoms with Crippen LogP contribution in [-0.4, -0.2) is 44.4 Å². The summed E-state index contributed by atoms with van der Waals surface area (Å²) in [4.78, 5) is 2.52. The molecule has 0 aromatic heterocycles. The van der Waals surface area contributed by atoms with Gasteiger partial charge in [-0.1, -0.05) is 39.8 Å². The maximum atomic E-state index is 5.87. The number of piperidine rings is 1. The molecule has 1 heterocycles. The molecule has 1 aliphatic heterocycles. The van der Waals surface area contributed by atoms with Crippen molar-refractivity contribution in [3.8, 4) is 5.75 Å². The number of benzene rings is 1. The number of hydrogen-bond donors (Lipinski definition) is 0. The molecular weight excluding hydrogens is 298 g/mol. The molecule has 1 fully saturated rings. The third kappa shape index (κ3) is 6.10. The lowest BCUT2D eigenvalue weighted by Crippen LogP contribution is -2.36. The van der Waals surface area contributed by atoms with E-state index in [4.69, 9.17) is 9.47 Å². The van der Waals surface area contributed by atoms with E-state index in [-0.39, 0.29) is 5.41 Å². The van der Waals surface area contributed by atoms with Crippen LogP contribution in [0.5, 0.6) is 5.75 Å². The second-order valence-electron chi connectivity index (χ2n) is 8.24. The number of hydrogen-bond acceptors (Lipinski definition) is 3. The molecule has 136 valence electrons. The van der Waals surface area contributed by atoms with Crippen LogP contribution < -0.4 is 4.74 Å². The number of ether oxygens (including phenoxy) is 2. The molecule has 1 aromatic rings. The summed E-state index contributed by atoms with van der Waals surface area (Å²) in [5.74, 6) is 1.80. The first-order valence-corrected chi connectivity index (χ1v) is 9.40. The van der Waals surface area contributed by atoms with Gasteiger partial charge >= 0.3 is 0 Å². The van der Waals surface area contributed by atoms with E-state index in [0.29, 0.717) is 13.2 Å². The molecule has 1 unspecified atom stereocenters. The van der Waals surface area contributed by atoms with E-state index in [1.165, 1.54) is 37.1 Å². The van der Waals surface area contributed by atoms with Crippen molar-refractivity contribution in [3.05, 3.63) is 29.3 Å². The van der Waals surface area contributed by atoms with Gasteiger partial charge in [-0.3, -0.25) is 0 Å². The highest BCUT2D eigenvalue weighted by Crippen LogP contribution is 2.27. The van der Waals surface area contributed by atoms with Gasteiger partial charge in [0.2, 0.25) is 0 Å². The summed E-state index contributed by atoms with van der Waals surface area (Å²) in [6.45, 7) is 16.7. The predicted octanol–water partition coefficient (Wildman–Crippen LogP) is 4.42. The quantitative estimate of drug-likeness (QED) is 0.690. The second kappa shape index (κ2) is 8.87. The fourth-order valence-corrected chi connectivity index (χ4v) is 3.27. The average molecular weight is 334 g/mol. The predicted molar refractivity (Wildman–Crippen MR) is 101 cm³/mol. The molecule has 0 saturated carbocycles. The van der Waals surface area contributed by atoms with Crippen molar-refractivity contribution in [2.75, 3.05) is 39.5 Å². The lowest BCUT2D eigenvalue weighted by Gasteiger charge is -2.30. The second-order valence-corrected chi connectivity index (χ2v) is 8.24. The highest BCUT2D eigenvalue weighted by atomic mass is 16.5. The number of rotatable bonds is 7. The molecule has 0 aliphatic carbocycles. The Balaban J connectivity index is 1.64. The first-order chi connectivity index (χ1) is 11.4. The summed E-state index contributed by atoms with van der Waals surface area (Å²) in [5.41, 5.74) is 2.72. The Morgan fingerprint density at radius 1 is 1.17 bits per heavy atom. The molecule has 0 bridgehead atoms. The standard InChI is InChI=1S/C21H35NO2/c1-17-7-6-10-22(16-17)11-12-23-13-14-24-20-9-8-19(15-18(20)2)21(3,4)5/h8-9,15,17H,6-7,10-14,16H2,1-5H3. The maximum absolute atomic E-state index is 5.87. The van der Waals surface area contributed by atoms with Gasteiger partial charge in [-0.05, 0) is 54.8 Å². The topological polar surface area (TPSA) is 21.7 Å². The fraction of sp³-hybridized carbons (Fsp3) is 0.714. The first kappa shape index (κ1) is 19.3. The van der Waals surface area contributed by atoms with Crippen LogP contribution in [0.4, 0.5) is 0 Å². The van der Waals surface area contributed by atoms with Crippen LogP contribution in [0.25, 0.3) is 0 Å². The van der Waals surface area contributed by atoms with Crippen LogP contribution in [0.15, 0.2) is 18.2 Å². The van der Waals surface area contributed by atoms with Crippen LogP contribution in [0, 0.1) is 12.8 Å². The van der Waals surface area contributed by atoms with E-state index in [9.17, 15) is 0 Å². The summed E-state index contributed by atoms with van der Waals surface area (Å²) >= 11 is 0. The summed E-state index contributed by atoms with van der Waals surface area (Å²) in [6.07, 6.45) is 2.70. The SMILES string of the molecule is Cc1cc(C(C)(C)C)ccc1OCCOCCN1CCCC(C)C1. The number of nitrogens with zero attached hydrogens (tertiary/aromatic N) is 1. The molecule has 1 saturated heterocycles. The summed E-state index contributed by atoms with van der Waals surface area (Å²) in [5, 5.41) is 0. The van der Waals surface area contributed by atoms with Gasteiger partial charge < -0.3 is 14.4 Å². The van der Waals surface area contributed by atoms with Crippen LogP contribution >= 0.6 is 0 Å². The molecule has 0 spiro atoms. The fourth-order valence-electron chi connectivity index (χ4n) is 3.27. The highest BCUT2D eigenvalue weighted by Gasteiger charge is 2.16. The summed E-state index contributed by atoms with van der Waals surface area (Å²) in [7, 11) is 0. The highest BCUT2D eigenvalue weighted by molar-refractivity contribution is 5.38. The van der Waals surface area contributed by atoms with Gasteiger partial charge in [-0.2, -0.15) is 0 Å². The Morgan fingerprint density at radius 2 is 1.96 bits per heavy atom. The third-order valence-corrected chi connectivity index (χ3v) is 4.82. The van der Waals surface area contributed by atoms with Crippen molar-refractivity contribution in [2.24, 2.45) is 5.92 Å². The van der Waals surface area contributed by atoms with Crippen molar-refractivity contribution in [2.45, 2.75) is 52.9 Å². The van der Waals surface area contributed by atoms with Gasteiger partial charge in [0.1, 0.15) is 12.4 Å². The van der Waals surface area contributed by atoms with Crippen molar-refractivity contribution < 1.29 is 9.47 Å². The summed E-state index contributed by atoms with van der Waals surface area (Å²) in [6, 6.07) is 6.49. The minimum absolute atomic E-state index is 0.179. The molecule has 3 nitrogen and oxygen atoms in total. The normalized spacial score (nSPS) is 19.5. The Morgan fingerprint density at radius 3 is 2.62 bits per heavy atom. The van der Waals surface area contributed by atoms with E-state index in [1.807, 2.05) is 0 Å². The molecule has 2 rings (SSSR count). The molecule has 1 atom stereocenters. The Labute approximate surface area is 148 Å². The minimum atomic E-state index is 0.179. The zero-order chi connectivity index (χ0) is 17.6. The number of aryl methyl sites for hydroxylation is 1. The largest absolute Gasteiger partial charge is 0.491 e. The first-order valence-electron chi connectivity index (χ1n) is 9.40. The van der Waals surface area contributed by atoms with Gasteiger partial charge in [0.05, 0.1) is 13.2 Å². The van der Waals surface area contributed by atoms with Crippen molar-refractivity contribution in [1.29, 1.82) is 0 Å². The average Bonchev–Trinajstić information content (AvgIpc) is 2.51. The molecule has 0 amide bonds. The van der Waals surface area contributed by atoms with Gasteiger partial charge in [-0.15, -0.1) is 0 Å². The maximum Gasteiger partial charge on any atom is 0.122 e. The third-order valence-electron chi connectivity index (χ3n) is 4.82. The molecular formula is C21H35NO2. The molecule has 3 heteroatoms. The van der Waals surface area contributed by atoms with E-state index >= 15 is 0 Å². The van der Waals surface area contributed by atoms with Gasteiger partial charge in [-0.25, -0.2) is 0 Å². The van der Waals surface area contributed by atoms with Crippen molar-refractivity contribution in [3.63, 3.8) is 0 Å². The molecule has 1 aromatic carbocycles. The van der Waals surface area contributed by atoms with Crippen LogP contribution in [0.3, 0.4) is 0 Å². The van der Waals surface area contributed by atoms with Crippen LogP contribution in [0.2, 0.25) is 0 Å². The lowest BCUT2D eigenvalue weighted by atomic mass is 9.86. The van der Waals surface area contributed by atoms with Crippen molar-refractivity contribution in [1.82, 2.24) is 4.90 Å². The molecule has 0 N–H and O–H groups in total. The lowest BCUT2D eigenvalue weighted by molar-refractivity contribution is 0.0687. The Hall–Kier alpha value is -1.06. The number of likely N-dealkylation sites (tertiary alicyclic amines) is 1. The Kier molecular flexibility index (Phi) is 7.12. The van der Waals surface area contributed by atoms with Gasteiger partial charge in [0, 0.05) is 13.1 Å². The van der Waals surface area contributed by atoms with Crippen LogP contribution in [0.1, 0.15) is 51.7 Å². The van der Waals surface area contributed by atoms with Gasteiger partial charge in [0.15, 0.2) is 0 Å². The zero-order valence-electron chi connectivity index (χ0n) is 16.2. The molecule has 0 radical (unpaired) electrons. The van der Waals surface area contributed by atoms with Crippen LogP contribution in [-0.2, 0) is 10.2 Å². The van der Waals surface area contributed by atoms with Gasteiger partial charge in [0.25, 0.3) is 0 Å². The molecule has 24 heavy (non-hydrogen) atoms. The smallest absolute Gasteiger partial charge is 0.122 e. The Bertz CT molecular complexity index is 507. The van der Waals surface area contributed by atoms with E-state index < -0.39 is 0 Å². The zero-order valence-corrected chi connectivity index (χ0v) is 16.2. The van der Waals surface area contributed by atoms with E-state index in [1.54, 1.807) is 0 Å². The van der Waals surface area contributed by atoms with Crippen molar-refractivity contribution >= 4 is 0 Å².